The van der Waals surface area contributed by atoms with Gasteiger partial charge >= 0.3 is 0 Å². The largest absolute Gasteiger partial charge is 0.354 e. The number of hydrogen-bond acceptors (Lipinski definition) is 5. The molecule has 1 atom stereocenters. The third kappa shape index (κ3) is 4.57. The normalized spacial score (nSPS) is 19.8. The monoisotopic (exact) mass is 453 g/mol. The highest BCUT2D eigenvalue weighted by Gasteiger charge is 2.37. The zero-order valence-corrected chi connectivity index (χ0v) is 17.8. The minimum atomic E-state index is -0.524. The van der Waals surface area contributed by atoms with Crippen LogP contribution in [0.15, 0.2) is 59.5 Å². The second-order valence-corrected chi connectivity index (χ2v) is 8.38. The number of thioether (sulfide) groups is 1. The van der Waals surface area contributed by atoms with Crippen molar-refractivity contribution in [2.75, 3.05) is 24.5 Å². The van der Waals surface area contributed by atoms with Crippen molar-refractivity contribution in [1.82, 2.24) is 10.2 Å². The van der Waals surface area contributed by atoms with Crippen LogP contribution in [-0.4, -0.2) is 47.5 Å². The van der Waals surface area contributed by atoms with Gasteiger partial charge < -0.3 is 10.2 Å². The number of anilines is 1. The van der Waals surface area contributed by atoms with Crippen molar-refractivity contribution in [2.24, 2.45) is 5.92 Å². The second kappa shape index (κ2) is 9.35. The standard InChI is InChI=1S/C23H20FN3O4S/c24-18-9-5-4-6-15(18)12-19-22(30)26(23(31)32-19)11-10-25-21(29)16-13-20(28)27(14-16)17-7-2-1-3-8-17/h1-9,12,16H,10-11,13-14H2,(H,25,29)/b19-12-. The Morgan fingerprint density at radius 2 is 1.81 bits per heavy atom. The van der Waals surface area contributed by atoms with Gasteiger partial charge in [-0.15, -0.1) is 0 Å². The molecule has 2 aliphatic heterocycles. The van der Waals surface area contributed by atoms with Crippen LogP contribution >= 0.6 is 11.8 Å². The number of carbonyl (C=O) groups excluding carboxylic acids is 4. The van der Waals surface area contributed by atoms with Gasteiger partial charge in [0.15, 0.2) is 0 Å². The molecule has 0 spiro atoms. The van der Waals surface area contributed by atoms with Crippen LogP contribution < -0.4 is 10.2 Å². The van der Waals surface area contributed by atoms with Gasteiger partial charge in [0, 0.05) is 37.3 Å². The SMILES string of the molecule is O=C(NCCN1C(=O)S/C(=C\c2ccccc2F)C1=O)C1CC(=O)N(c2ccccc2)C1. The zero-order chi connectivity index (χ0) is 22.7. The van der Waals surface area contributed by atoms with Gasteiger partial charge in [-0.05, 0) is 36.0 Å². The molecule has 32 heavy (non-hydrogen) atoms. The molecule has 1 N–H and O–H groups in total. The average Bonchev–Trinajstić information content (AvgIpc) is 3.30. The summed E-state index contributed by atoms with van der Waals surface area (Å²) in [7, 11) is 0. The minimum Gasteiger partial charge on any atom is -0.354 e. The Balaban J connectivity index is 1.31. The Labute approximate surface area is 188 Å². The summed E-state index contributed by atoms with van der Waals surface area (Å²) in [6, 6.07) is 15.1. The van der Waals surface area contributed by atoms with Gasteiger partial charge in [-0.3, -0.25) is 24.1 Å². The first-order valence-corrected chi connectivity index (χ1v) is 10.9. The number of halogens is 1. The highest BCUT2D eigenvalue weighted by Crippen LogP contribution is 2.32. The van der Waals surface area contributed by atoms with Gasteiger partial charge in [-0.25, -0.2) is 4.39 Å². The van der Waals surface area contributed by atoms with Gasteiger partial charge in [0.1, 0.15) is 5.82 Å². The van der Waals surface area contributed by atoms with Crippen LogP contribution in [-0.2, 0) is 14.4 Å². The van der Waals surface area contributed by atoms with E-state index in [1.165, 1.54) is 24.3 Å². The fraction of sp³-hybridized carbons (Fsp3) is 0.217. The quantitative estimate of drug-likeness (QED) is 0.680. The van der Waals surface area contributed by atoms with E-state index < -0.39 is 22.9 Å². The first kappa shape index (κ1) is 21.8. The molecule has 0 aromatic heterocycles. The van der Waals surface area contributed by atoms with Crippen LogP contribution in [0.25, 0.3) is 6.08 Å². The number of amides is 4. The van der Waals surface area contributed by atoms with E-state index in [2.05, 4.69) is 5.32 Å². The summed E-state index contributed by atoms with van der Waals surface area (Å²) in [6.45, 7) is 0.343. The smallest absolute Gasteiger partial charge is 0.293 e. The molecule has 2 heterocycles. The number of para-hydroxylation sites is 1. The number of nitrogens with zero attached hydrogens (tertiary/aromatic N) is 2. The molecule has 2 fully saturated rings. The van der Waals surface area contributed by atoms with E-state index >= 15 is 0 Å². The van der Waals surface area contributed by atoms with Crippen molar-refractivity contribution in [3.05, 3.63) is 70.9 Å². The topological polar surface area (TPSA) is 86.8 Å². The van der Waals surface area contributed by atoms with Gasteiger partial charge in [0.05, 0.1) is 10.8 Å². The van der Waals surface area contributed by atoms with E-state index in [0.29, 0.717) is 0 Å². The van der Waals surface area contributed by atoms with Crippen LogP contribution in [0, 0.1) is 11.7 Å². The Morgan fingerprint density at radius 1 is 1.09 bits per heavy atom. The maximum Gasteiger partial charge on any atom is 0.293 e. The number of carbonyl (C=O) groups is 4. The van der Waals surface area contributed by atoms with Crippen molar-refractivity contribution in [2.45, 2.75) is 6.42 Å². The number of rotatable bonds is 6. The third-order valence-corrected chi connectivity index (χ3v) is 6.17. The molecular formula is C23H20FN3O4S. The Bertz CT molecular complexity index is 1110. The molecule has 2 aliphatic rings. The summed E-state index contributed by atoms with van der Waals surface area (Å²) in [5.74, 6) is -1.93. The summed E-state index contributed by atoms with van der Waals surface area (Å²) in [5.41, 5.74) is 0.965. The zero-order valence-electron chi connectivity index (χ0n) is 17.0. The number of hydrogen-bond donors (Lipinski definition) is 1. The van der Waals surface area contributed by atoms with E-state index in [-0.39, 0.29) is 48.3 Å². The second-order valence-electron chi connectivity index (χ2n) is 7.39. The Morgan fingerprint density at radius 3 is 2.56 bits per heavy atom. The third-order valence-electron chi connectivity index (χ3n) is 5.26. The molecule has 1 unspecified atom stereocenters. The predicted molar refractivity (Wildman–Crippen MR) is 119 cm³/mol. The summed E-state index contributed by atoms with van der Waals surface area (Å²) in [6.07, 6.45) is 1.45. The lowest BCUT2D eigenvalue weighted by molar-refractivity contribution is -0.127. The van der Waals surface area contributed by atoms with E-state index in [4.69, 9.17) is 0 Å². The molecule has 0 saturated carbocycles. The lowest BCUT2D eigenvalue weighted by Gasteiger charge is -2.17. The van der Waals surface area contributed by atoms with Crippen LogP contribution in [0.1, 0.15) is 12.0 Å². The molecule has 7 nitrogen and oxygen atoms in total. The fourth-order valence-electron chi connectivity index (χ4n) is 3.60. The molecule has 9 heteroatoms. The van der Waals surface area contributed by atoms with Crippen molar-refractivity contribution in [3.63, 3.8) is 0 Å². The first-order valence-electron chi connectivity index (χ1n) is 10.1. The first-order chi connectivity index (χ1) is 15.4. The molecule has 0 bridgehead atoms. The number of nitrogens with one attached hydrogen (secondary N) is 1. The molecule has 4 amide bonds. The molecule has 2 saturated heterocycles. The predicted octanol–water partition coefficient (Wildman–Crippen LogP) is 3.03. The summed E-state index contributed by atoms with van der Waals surface area (Å²) in [4.78, 5) is 52.3. The minimum absolute atomic E-state index is 0.00587. The van der Waals surface area contributed by atoms with Crippen LogP contribution in [0.4, 0.5) is 14.9 Å². The molecule has 0 aliphatic carbocycles. The van der Waals surface area contributed by atoms with E-state index in [0.717, 1.165) is 22.3 Å². The highest BCUT2D eigenvalue weighted by atomic mass is 32.2. The highest BCUT2D eigenvalue weighted by molar-refractivity contribution is 8.18. The van der Waals surface area contributed by atoms with Gasteiger partial charge in [-0.2, -0.15) is 0 Å². The van der Waals surface area contributed by atoms with Crippen molar-refractivity contribution < 1.29 is 23.6 Å². The maximum atomic E-state index is 13.8. The van der Waals surface area contributed by atoms with Gasteiger partial charge in [0.25, 0.3) is 11.1 Å². The average molecular weight is 453 g/mol. The summed E-state index contributed by atoms with van der Waals surface area (Å²) < 4.78 is 13.8. The van der Waals surface area contributed by atoms with Crippen molar-refractivity contribution in [1.29, 1.82) is 0 Å². The molecule has 4 rings (SSSR count). The Kier molecular flexibility index (Phi) is 6.36. The number of imide groups is 1. The van der Waals surface area contributed by atoms with Gasteiger partial charge in [-0.1, -0.05) is 36.4 Å². The summed E-state index contributed by atoms with van der Waals surface area (Å²) in [5, 5.41) is 2.23. The van der Waals surface area contributed by atoms with Gasteiger partial charge in [0.2, 0.25) is 11.8 Å². The van der Waals surface area contributed by atoms with E-state index in [1.807, 2.05) is 30.3 Å². The lowest BCUT2D eigenvalue weighted by Crippen LogP contribution is -2.40. The molecule has 2 aromatic carbocycles. The molecular weight excluding hydrogens is 433 g/mol. The van der Waals surface area contributed by atoms with Crippen LogP contribution in [0.3, 0.4) is 0 Å². The number of benzene rings is 2. The molecule has 0 radical (unpaired) electrons. The van der Waals surface area contributed by atoms with E-state index in [1.54, 1.807) is 11.0 Å². The maximum absolute atomic E-state index is 13.8. The van der Waals surface area contributed by atoms with Crippen LogP contribution in [0.2, 0.25) is 0 Å². The van der Waals surface area contributed by atoms with Crippen molar-refractivity contribution in [3.8, 4) is 0 Å². The lowest BCUT2D eigenvalue weighted by atomic mass is 10.1. The fourth-order valence-corrected chi connectivity index (χ4v) is 4.46. The molecule has 164 valence electrons. The Hall–Kier alpha value is -3.46. The van der Waals surface area contributed by atoms with Crippen LogP contribution in [0.5, 0.6) is 0 Å². The van der Waals surface area contributed by atoms with E-state index in [9.17, 15) is 23.6 Å². The summed E-state index contributed by atoms with van der Waals surface area (Å²) >= 11 is 0.736. The van der Waals surface area contributed by atoms with Crippen molar-refractivity contribution >= 4 is 46.5 Å². The molecule has 2 aromatic rings.